The van der Waals surface area contributed by atoms with Crippen LogP contribution in [0, 0.1) is 26.0 Å². The van der Waals surface area contributed by atoms with Crippen LogP contribution in [0.4, 0.5) is 0 Å². The smallest absolute Gasteiger partial charge is 0.509 e. The minimum atomic E-state index is -0.691. The van der Waals surface area contributed by atoms with Gasteiger partial charge in [-0.15, -0.1) is 41.5 Å². The molecule has 2 aromatic heterocycles. The van der Waals surface area contributed by atoms with Crippen LogP contribution in [0.1, 0.15) is 33.5 Å². The monoisotopic (exact) mass is 806 g/mol. The maximum absolute atomic E-state index is 6.67. The molecule has 4 nitrogen and oxygen atoms in total. The molecule has 0 saturated carbocycles. The number of hydrogen-bond acceptors (Lipinski definition) is 4. The molecule has 230 valence electrons. The zero-order chi connectivity index (χ0) is 31.1. The summed E-state index contributed by atoms with van der Waals surface area (Å²) in [7, 11) is 0. The quantitative estimate of drug-likeness (QED) is 0.157. The average Bonchev–Trinajstić information content (AvgIpc) is 3.63. The number of pyridine rings is 1. The Balaban J connectivity index is 0.00000351. The maximum atomic E-state index is 6.67. The Hall–Kier alpha value is -4.70. The fourth-order valence-corrected chi connectivity index (χ4v) is 7.85. The van der Waals surface area contributed by atoms with Gasteiger partial charge in [-0.25, -0.2) is 0 Å². The SMILES string of the molecule is Cc1cccc(C)c1-c1cc(Oc2[c-]c(C3(c4ccccn4)c4ccccc4Sc4ccccc43)ccc2)[c-]c(-n2cccn2)c1.[Pt+2]. The number of aromatic nitrogens is 3. The Morgan fingerprint density at radius 1 is 0.681 bits per heavy atom. The van der Waals surface area contributed by atoms with Gasteiger partial charge in [0.05, 0.1) is 11.1 Å². The van der Waals surface area contributed by atoms with Crippen molar-refractivity contribution in [1.29, 1.82) is 0 Å². The molecule has 0 aliphatic carbocycles. The van der Waals surface area contributed by atoms with Crippen molar-refractivity contribution in [3.8, 4) is 28.3 Å². The summed E-state index contributed by atoms with van der Waals surface area (Å²) in [5.41, 5.74) is 8.97. The predicted octanol–water partition coefficient (Wildman–Crippen LogP) is 9.79. The molecule has 0 amide bonds. The zero-order valence-corrected chi connectivity index (χ0v) is 28.8. The van der Waals surface area contributed by atoms with Crippen molar-refractivity contribution in [1.82, 2.24) is 14.8 Å². The van der Waals surface area contributed by atoms with Crippen LogP contribution in [0.15, 0.2) is 150 Å². The van der Waals surface area contributed by atoms with Crippen molar-refractivity contribution in [2.75, 3.05) is 0 Å². The molecule has 8 rings (SSSR count). The number of benzene rings is 5. The Bertz CT molecular complexity index is 2130. The second kappa shape index (κ2) is 12.8. The fourth-order valence-electron chi connectivity index (χ4n) is 6.66. The Morgan fingerprint density at radius 3 is 2.06 bits per heavy atom. The van der Waals surface area contributed by atoms with E-state index < -0.39 is 5.41 Å². The van der Waals surface area contributed by atoms with Crippen LogP contribution in [0.2, 0.25) is 0 Å². The summed E-state index contributed by atoms with van der Waals surface area (Å²) >= 11 is 1.80. The van der Waals surface area contributed by atoms with Gasteiger partial charge in [0.1, 0.15) is 0 Å². The van der Waals surface area contributed by atoms with Crippen molar-refractivity contribution in [3.63, 3.8) is 0 Å². The third kappa shape index (κ3) is 5.44. The summed E-state index contributed by atoms with van der Waals surface area (Å²) in [5, 5.41) is 4.49. The van der Waals surface area contributed by atoms with E-state index in [-0.39, 0.29) is 21.1 Å². The molecule has 1 aliphatic heterocycles. The summed E-state index contributed by atoms with van der Waals surface area (Å²) in [6.45, 7) is 4.28. The second-order valence-electron chi connectivity index (χ2n) is 11.4. The van der Waals surface area contributed by atoms with Gasteiger partial charge >= 0.3 is 21.1 Å². The molecule has 5 aromatic carbocycles. The Labute approximate surface area is 293 Å². The summed E-state index contributed by atoms with van der Waals surface area (Å²) in [4.78, 5) is 7.38. The van der Waals surface area contributed by atoms with Crippen molar-refractivity contribution in [3.05, 3.63) is 186 Å². The van der Waals surface area contributed by atoms with Gasteiger partial charge in [-0.3, -0.25) is 9.67 Å². The standard InChI is InChI=1S/C41H29N3OS.Pt/c1-28-12-9-13-29(2)40(28)30-24-32(44-23-11-22-43-44)27-34(25-30)45-33-15-10-14-31(26-33)41(39-20-7-8-21-42-39)35-16-3-5-18-37(35)46-38-19-6-4-17-36(38)41;/h3-25H,1-2H3;/q-2;+2. The zero-order valence-electron chi connectivity index (χ0n) is 25.8. The fraction of sp³-hybridized carbons (Fsp3) is 0.0732. The molecule has 47 heavy (non-hydrogen) atoms. The third-order valence-corrected chi connectivity index (χ3v) is 9.75. The van der Waals surface area contributed by atoms with Crippen LogP contribution < -0.4 is 4.74 Å². The van der Waals surface area contributed by atoms with Gasteiger partial charge in [0, 0.05) is 39.9 Å². The minimum Gasteiger partial charge on any atom is -0.509 e. The maximum Gasteiger partial charge on any atom is 2.00 e. The van der Waals surface area contributed by atoms with E-state index in [0.717, 1.165) is 22.5 Å². The molecular formula is C41H29N3OPtS. The van der Waals surface area contributed by atoms with Gasteiger partial charge < -0.3 is 4.74 Å². The molecule has 0 atom stereocenters. The van der Waals surface area contributed by atoms with Crippen molar-refractivity contribution >= 4 is 11.8 Å². The van der Waals surface area contributed by atoms with Gasteiger partial charge in [-0.2, -0.15) is 17.2 Å². The minimum absolute atomic E-state index is 0. The van der Waals surface area contributed by atoms with E-state index >= 15 is 0 Å². The van der Waals surface area contributed by atoms with Crippen LogP contribution in [-0.2, 0) is 26.5 Å². The van der Waals surface area contributed by atoms with E-state index in [2.05, 4.69) is 128 Å². The van der Waals surface area contributed by atoms with E-state index in [1.807, 2.05) is 41.3 Å². The first-order chi connectivity index (χ1) is 22.6. The van der Waals surface area contributed by atoms with Crippen molar-refractivity contribution in [2.24, 2.45) is 0 Å². The Morgan fingerprint density at radius 2 is 1.38 bits per heavy atom. The largest absolute Gasteiger partial charge is 2.00 e. The van der Waals surface area contributed by atoms with Gasteiger partial charge in [-0.05, 0) is 77.7 Å². The van der Waals surface area contributed by atoms with Crippen molar-refractivity contribution < 1.29 is 25.8 Å². The van der Waals surface area contributed by atoms with Crippen molar-refractivity contribution in [2.45, 2.75) is 29.1 Å². The van der Waals surface area contributed by atoms with E-state index in [4.69, 9.17) is 9.72 Å². The molecule has 3 heterocycles. The molecule has 7 aromatic rings. The summed E-state index contributed by atoms with van der Waals surface area (Å²) in [6.07, 6.45) is 5.56. The number of fused-ring (bicyclic) bond motifs is 2. The third-order valence-electron chi connectivity index (χ3n) is 8.59. The van der Waals surface area contributed by atoms with Gasteiger partial charge in [0.15, 0.2) is 0 Å². The molecule has 0 radical (unpaired) electrons. The Kier molecular flexibility index (Phi) is 8.44. The number of rotatable bonds is 6. The van der Waals surface area contributed by atoms with E-state index in [9.17, 15) is 0 Å². The molecular weight excluding hydrogens is 778 g/mol. The van der Waals surface area contributed by atoms with Crippen LogP contribution in [-0.4, -0.2) is 14.8 Å². The normalized spacial score (nSPS) is 12.8. The molecule has 0 bridgehead atoms. The predicted molar refractivity (Wildman–Crippen MR) is 183 cm³/mol. The summed E-state index contributed by atoms with van der Waals surface area (Å²) in [6, 6.07) is 49.1. The first-order valence-corrected chi connectivity index (χ1v) is 16.1. The van der Waals surface area contributed by atoms with Gasteiger partial charge in [-0.1, -0.05) is 72.4 Å². The molecule has 0 fully saturated rings. The molecule has 0 spiro atoms. The summed E-state index contributed by atoms with van der Waals surface area (Å²) < 4.78 is 8.48. The number of nitrogens with zero attached hydrogens (tertiary/aromatic N) is 3. The number of ether oxygens (including phenoxy) is 1. The first-order valence-electron chi connectivity index (χ1n) is 15.2. The van der Waals surface area contributed by atoms with Crippen LogP contribution in [0.5, 0.6) is 11.5 Å². The van der Waals surface area contributed by atoms with Gasteiger partial charge in [0.25, 0.3) is 0 Å². The molecule has 0 unspecified atom stereocenters. The average molecular weight is 807 g/mol. The molecule has 0 N–H and O–H groups in total. The second-order valence-corrected chi connectivity index (χ2v) is 12.5. The molecule has 6 heteroatoms. The van der Waals surface area contributed by atoms with Crippen LogP contribution in [0.25, 0.3) is 16.8 Å². The number of hydrogen-bond donors (Lipinski definition) is 0. The summed E-state index contributed by atoms with van der Waals surface area (Å²) in [5.74, 6) is 1.19. The van der Waals surface area contributed by atoms with Gasteiger partial charge in [0.2, 0.25) is 0 Å². The topological polar surface area (TPSA) is 39.9 Å². The van der Waals surface area contributed by atoms with E-state index in [1.54, 1.807) is 18.0 Å². The number of aryl methyl sites for hydroxylation is 2. The first kappa shape index (κ1) is 30.9. The molecule has 0 saturated heterocycles. The van der Waals surface area contributed by atoms with E-state index in [1.165, 1.54) is 37.6 Å². The van der Waals surface area contributed by atoms with Crippen LogP contribution in [0.3, 0.4) is 0 Å². The van der Waals surface area contributed by atoms with Crippen LogP contribution >= 0.6 is 11.8 Å². The van der Waals surface area contributed by atoms with E-state index in [0.29, 0.717) is 11.5 Å². The molecule has 1 aliphatic rings.